The Morgan fingerprint density at radius 3 is 1.55 bits per heavy atom. The number of hydrogen-bond acceptors (Lipinski definition) is 14. The molecule has 0 aromatic rings. The summed E-state index contributed by atoms with van der Waals surface area (Å²) < 4.78 is 64.3. The van der Waals surface area contributed by atoms with Gasteiger partial charge < -0.3 is 49.3 Å². The summed E-state index contributed by atoms with van der Waals surface area (Å²) in [6.07, 6.45) is 2.00. The van der Waals surface area contributed by atoms with Crippen molar-refractivity contribution in [3.63, 3.8) is 0 Å². The van der Waals surface area contributed by atoms with Crippen LogP contribution in [0.3, 0.4) is 0 Å². The minimum atomic E-state index is -5.62. The standard InChI is InChI=1S/C36H51O19P3/c1-3-5-7-9-11-13-14-15-16-17-19-21-23-25-30(38)52-28(26-50-29(37)24-22-20-18-12-10-8-6-4-2)27-51-58(48,49)55-34-31(39)32(40)35(53-56(42,43)44)36(33(34)41)54-57(45,46)47/h2,28,31-36,39-41H,3,5,7,9,11,13-17,19,21,23,25-27H2,1H3,(H,48,49)(H2,42,43,44)(H2,45,46,47)/t28-,31-,32?,33?,34?,35-,36-/m0/s1. The van der Waals surface area contributed by atoms with Crippen molar-refractivity contribution in [2.24, 2.45) is 0 Å². The lowest BCUT2D eigenvalue weighted by Crippen LogP contribution is -2.65. The molecule has 1 fully saturated rings. The molecule has 4 unspecified atom stereocenters. The molecule has 1 saturated carbocycles. The van der Waals surface area contributed by atoms with Gasteiger partial charge >= 0.3 is 35.4 Å². The van der Waals surface area contributed by atoms with Gasteiger partial charge in [0.05, 0.1) is 6.61 Å². The fraction of sp³-hybridized carbons (Fsp3) is 0.667. The first-order chi connectivity index (χ1) is 27.3. The van der Waals surface area contributed by atoms with Crippen LogP contribution < -0.4 is 0 Å². The molecule has 22 heteroatoms. The second-order valence-electron chi connectivity index (χ2n) is 12.8. The first-order valence-electron chi connectivity index (χ1n) is 18.3. The predicted molar refractivity (Wildman–Crippen MR) is 204 cm³/mol. The molecule has 0 aromatic heterocycles. The maximum atomic E-state index is 12.9. The molecule has 0 spiro atoms. The van der Waals surface area contributed by atoms with Crippen LogP contribution in [0.5, 0.6) is 0 Å². The van der Waals surface area contributed by atoms with Crippen LogP contribution in [0.4, 0.5) is 0 Å². The Labute approximate surface area is 338 Å². The van der Waals surface area contributed by atoms with E-state index in [0.29, 0.717) is 12.8 Å². The van der Waals surface area contributed by atoms with E-state index in [0.717, 1.165) is 25.7 Å². The van der Waals surface area contributed by atoms with Gasteiger partial charge in [-0.25, -0.2) is 18.5 Å². The lowest BCUT2D eigenvalue weighted by molar-refractivity contribution is -0.213. The van der Waals surface area contributed by atoms with Gasteiger partial charge in [0.1, 0.15) is 43.2 Å². The lowest BCUT2D eigenvalue weighted by atomic mass is 9.85. The van der Waals surface area contributed by atoms with Crippen LogP contribution in [0, 0.1) is 59.7 Å². The Bertz CT molecular complexity index is 1740. The summed E-state index contributed by atoms with van der Waals surface area (Å²) in [6.45, 7) is 0.379. The first kappa shape index (κ1) is 53.0. The molecule has 1 aliphatic carbocycles. The molecule has 1 rings (SSSR count). The lowest BCUT2D eigenvalue weighted by Gasteiger charge is -2.44. The molecule has 0 heterocycles. The van der Waals surface area contributed by atoms with Crippen molar-refractivity contribution >= 4 is 35.4 Å². The largest absolute Gasteiger partial charge is 0.472 e. The predicted octanol–water partition coefficient (Wildman–Crippen LogP) is 2.12. The van der Waals surface area contributed by atoms with Crippen LogP contribution in [0.1, 0.15) is 96.8 Å². The Balaban J connectivity index is 2.92. The number of aliphatic hydroxyl groups excluding tert-OH is 3. The minimum absolute atomic E-state index is 0.0746. The molecule has 19 nitrogen and oxygen atoms in total. The molecule has 324 valence electrons. The van der Waals surface area contributed by atoms with E-state index < -0.39 is 91.3 Å². The number of aliphatic hydroxyl groups is 3. The molecule has 0 amide bonds. The molecule has 1 aliphatic rings. The zero-order valence-electron chi connectivity index (χ0n) is 31.8. The number of unbranched alkanes of at least 4 members (excludes halogenated alkanes) is 12. The summed E-state index contributed by atoms with van der Waals surface area (Å²) in [5.74, 6) is 17.9. The van der Waals surface area contributed by atoms with Crippen LogP contribution >= 0.6 is 23.5 Å². The van der Waals surface area contributed by atoms with Gasteiger partial charge in [0.2, 0.25) is 0 Å². The quantitative estimate of drug-likeness (QED) is 0.0203. The maximum absolute atomic E-state index is 12.9. The average Bonchev–Trinajstić information content (AvgIpc) is 3.14. The van der Waals surface area contributed by atoms with E-state index in [1.54, 1.807) is 0 Å². The zero-order chi connectivity index (χ0) is 43.6. The minimum Gasteiger partial charge on any atom is -0.456 e. The van der Waals surface area contributed by atoms with Crippen molar-refractivity contribution in [1.82, 2.24) is 0 Å². The van der Waals surface area contributed by atoms with Gasteiger partial charge in [0, 0.05) is 12.3 Å². The summed E-state index contributed by atoms with van der Waals surface area (Å²) in [6, 6.07) is 0. The summed E-state index contributed by atoms with van der Waals surface area (Å²) >= 11 is 0. The number of esters is 2. The number of rotatable bonds is 26. The summed E-state index contributed by atoms with van der Waals surface area (Å²) in [5.41, 5.74) is 0. The van der Waals surface area contributed by atoms with Crippen LogP contribution in [-0.4, -0.2) is 108 Å². The van der Waals surface area contributed by atoms with Crippen LogP contribution in [-0.2, 0) is 50.9 Å². The van der Waals surface area contributed by atoms with Crippen molar-refractivity contribution in [3.8, 4) is 59.7 Å². The van der Waals surface area contributed by atoms with Gasteiger partial charge in [-0.2, -0.15) is 0 Å². The van der Waals surface area contributed by atoms with E-state index in [-0.39, 0.29) is 6.42 Å². The highest BCUT2D eigenvalue weighted by molar-refractivity contribution is 7.47. The molecule has 0 saturated heterocycles. The number of carbonyl (C=O) groups excluding carboxylic acids is 2. The zero-order valence-corrected chi connectivity index (χ0v) is 34.5. The maximum Gasteiger partial charge on any atom is 0.472 e. The average molecular weight is 881 g/mol. The highest BCUT2D eigenvalue weighted by atomic mass is 31.2. The highest BCUT2D eigenvalue weighted by Gasteiger charge is 2.56. The third kappa shape index (κ3) is 24.8. The molecule has 0 aromatic carbocycles. The Hall–Kier alpha value is -3.05. The molecule has 0 radical (unpaired) electrons. The van der Waals surface area contributed by atoms with E-state index in [1.807, 2.05) is 11.8 Å². The van der Waals surface area contributed by atoms with Gasteiger partial charge in [-0.15, -0.1) is 6.42 Å². The van der Waals surface area contributed by atoms with Gasteiger partial charge in [-0.05, 0) is 53.8 Å². The van der Waals surface area contributed by atoms with E-state index in [1.165, 1.54) is 44.9 Å². The number of hydrogen-bond donors (Lipinski definition) is 8. The molecule has 8 atom stereocenters. The fourth-order valence-electron chi connectivity index (χ4n) is 5.34. The highest BCUT2D eigenvalue weighted by Crippen LogP contribution is 2.51. The molecule has 8 N–H and O–H groups in total. The van der Waals surface area contributed by atoms with Gasteiger partial charge in [-0.1, -0.05) is 84.0 Å². The molecule has 58 heavy (non-hydrogen) atoms. The molecule has 0 aliphatic heterocycles. The number of phosphoric ester groups is 3. The topological polar surface area (TPSA) is 303 Å². The Kier molecular flexibility index (Phi) is 26.0. The summed E-state index contributed by atoms with van der Waals surface area (Å²) in [5, 5.41) is 31.6. The smallest absolute Gasteiger partial charge is 0.456 e. The third-order valence-electron chi connectivity index (χ3n) is 8.01. The first-order valence-corrected chi connectivity index (χ1v) is 22.9. The SMILES string of the molecule is C#CC#CC#CC#CC#CC(=O)OC[C@@H](COP(=O)(O)OC1C(O)[C@H](OP(=O)(O)O)[C@@H](OP(=O)(O)O)C(O)[C@@H]1O)OC(=O)CCCCCCCCCCCCCCC. The normalized spacial score (nSPS) is 21.7. The van der Waals surface area contributed by atoms with Crippen molar-refractivity contribution in [3.05, 3.63) is 0 Å². The summed E-state index contributed by atoms with van der Waals surface area (Å²) in [4.78, 5) is 72.1. The Morgan fingerprint density at radius 2 is 1.05 bits per heavy atom. The monoisotopic (exact) mass is 880 g/mol. The second-order valence-corrected chi connectivity index (χ2v) is 16.6. The number of phosphoric acid groups is 3. The Morgan fingerprint density at radius 1 is 0.603 bits per heavy atom. The van der Waals surface area contributed by atoms with Gasteiger partial charge in [-0.3, -0.25) is 22.9 Å². The van der Waals surface area contributed by atoms with Gasteiger partial charge in [0.25, 0.3) is 0 Å². The van der Waals surface area contributed by atoms with Crippen molar-refractivity contribution in [1.29, 1.82) is 0 Å². The summed E-state index contributed by atoms with van der Waals surface area (Å²) in [7, 11) is -16.7. The third-order valence-corrected chi connectivity index (χ3v) is 10.0. The molecule has 0 bridgehead atoms. The van der Waals surface area contributed by atoms with E-state index >= 15 is 0 Å². The molecular formula is C36H51O19P3. The van der Waals surface area contributed by atoms with E-state index in [4.69, 9.17) is 34.7 Å². The van der Waals surface area contributed by atoms with Crippen LogP contribution in [0.25, 0.3) is 0 Å². The fourth-order valence-corrected chi connectivity index (χ4v) is 7.44. The second kappa shape index (κ2) is 28.4. The van der Waals surface area contributed by atoms with Gasteiger partial charge in [0.15, 0.2) is 6.10 Å². The van der Waals surface area contributed by atoms with Crippen molar-refractivity contribution in [2.75, 3.05) is 13.2 Å². The van der Waals surface area contributed by atoms with Crippen molar-refractivity contribution in [2.45, 2.75) is 140 Å². The molecular weight excluding hydrogens is 829 g/mol. The van der Waals surface area contributed by atoms with Crippen LogP contribution in [0.15, 0.2) is 0 Å². The number of carbonyl (C=O) groups is 2. The van der Waals surface area contributed by atoms with E-state index in [9.17, 15) is 53.3 Å². The number of terminal acetylenes is 1. The van der Waals surface area contributed by atoms with Crippen LogP contribution in [0.2, 0.25) is 0 Å². The number of ether oxygens (including phenoxy) is 2. The van der Waals surface area contributed by atoms with E-state index in [2.05, 4.69) is 57.4 Å². The van der Waals surface area contributed by atoms with Crippen molar-refractivity contribution < 1.29 is 90.6 Å².